The molecule has 0 amide bonds. The highest BCUT2D eigenvalue weighted by Gasteiger charge is 2.26. The summed E-state index contributed by atoms with van der Waals surface area (Å²) in [4.78, 5) is 31.9. The number of para-hydroxylation sites is 1. The molecule has 4 aromatic rings. The normalized spacial score (nSPS) is 14.8. The minimum atomic E-state index is -0.398. The number of fused-ring (bicyclic) bond motifs is 1. The predicted octanol–water partition coefficient (Wildman–Crippen LogP) is 5.21. The van der Waals surface area contributed by atoms with Crippen LogP contribution in [0.15, 0.2) is 64.4 Å². The molecule has 8 heteroatoms. The third kappa shape index (κ3) is 3.57. The van der Waals surface area contributed by atoms with Crippen molar-refractivity contribution >= 4 is 34.4 Å². The zero-order valence-electron chi connectivity index (χ0n) is 17.4. The molecule has 0 unspecified atom stereocenters. The second kappa shape index (κ2) is 8.60. The molecule has 0 bridgehead atoms. The zero-order valence-corrected chi connectivity index (χ0v) is 18.9. The highest BCUT2D eigenvalue weighted by Crippen LogP contribution is 2.28. The van der Waals surface area contributed by atoms with Crippen molar-refractivity contribution in [2.75, 3.05) is 0 Å². The van der Waals surface area contributed by atoms with Crippen LogP contribution >= 0.6 is 23.2 Å². The number of rotatable bonds is 4. The van der Waals surface area contributed by atoms with E-state index in [-0.39, 0.29) is 11.6 Å². The molecule has 0 aliphatic heterocycles. The van der Waals surface area contributed by atoms with Crippen molar-refractivity contribution in [3.05, 3.63) is 91.3 Å². The number of hydrogen-bond donors (Lipinski definition) is 0. The van der Waals surface area contributed by atoms with Crippen LogP contribution in [0.25, 0.3) is 16.9 Å². The van der Waals surface area contributed by atoms with Gasteiger partial charge in [-0.1, -0.05) is 72.8 Å². The molecule has 1 saturated carbocycles. The van der Waals surface area contributed by atoms with Gasteiger partial charge in [0.15, 0.2) is 11.2 Å². The van der Waals surface area contributed by atoms with Crippen LogP contribution < -0.4 is 11.2 Å². The second-order valence-electron chi connectivity index (χ2n) is 8.17. The largest absolute Gasteiger partial charge is 0.337 e. The van der Waals surface area contributed by atoms with Gasteiger partial charge < -0.3 is 4.57 Å². The van der Waals surface area contributed by atoms with Crippen molar-refractivity contribution in [2.45, 2.75) is 44.7 Å². The molecule has 0 spiro atoms. The number of nitrogens with zero attached hydrogens (tertiary/aromatic N) is 4. The van der Waals surface area contributed by atoms with E-state index in [1.165, 1.54) is 9.13 Å². The molecule has 32 heavy (non-hydrogen) atoms. The van der Waals surface area contributed by atoms with E-state index in [2.05, 4.69) is 4.98 Å². The molecule has 6 nitrogen and oxygen atoms in total. The van der Waals surface area contributed by atoms with E-state index in [1.54, 1.807) is 29.1 Å². The van der Waals surface area contributed by atoms with Gasteiger partial charge in [0.2, 0.25) is 0 Å². The predicted molar refractivity (Wildman–Crippen MR) is 127 cm³/mol. The minimum absolute atomic E-state index is 0.134. The Morgan fingerprint density at radius 2 is 1.59 bits per heavy atom. The Balaban J connectivity index is 1.80. The Hall–Kier alpha value is -2.83. The van der Waals surface area contributed by atoms with Crippen LogP contribution in [0.1, 0.15) is 43.7 Å². The first-order valence-corrected chi connectivity index (χ1v) is 11.5. The summed E-state index contributed by atoms with van der Waals surface area (Å²) in [6.45, 7) is 0.372. The van der Waals surface area contributed by atoms with Gasteiger partial charge in [-0.25, -0.2) is 14.3 Å². The SMILES string of the molecule is O=c1c2c(ncn2Cc2ccccc2Cl)n(-c2ccccc2Cl)c(=O)n1C1CCCCC1. The van der Waals surface area contributed by atoms with Crippen LogP contribution in [0.4, 0.5) is 0 Å². The van der Waals surface area contributed by atoms with Gasteiger partial charge in [-0.2, -0.15) is 0 Å². The molecule has 1 aliphatic rings. The van der Waals surface area contributed by atoms with Gasteiger partial charge in [0, 0.05) is 11.1 Å². The number of aromatic nitrogens is 4. The summed E-state index contributed by atoms with van der Waals surface area (Å²) in [7, 11) is 0. The van der Waals surface area contributed by atoms with Gasteiger partial charge in [-0.3, -0.25) is 9.36 Å². The van der Waals surface area contributed by atoms with E-state index in [9.17, 15) is 9.59 Å². The standard InChI is InChI=1S/C24H22Cl2N4O2/c25-18-11-5-4-8-16(18)14-28-15-27-22-21(28)23(31)29(17-9-2-1-3-10-17)24(32)30(22)20-13-7-6-12-19(20)26/h4-8,11-13,15,17H,1-3,9-10,14H2. The second-order valence-corrected chi connectivity index (χ2v) is 8.99. The van der Waals surface area contributed by atoms with Crippen molar-refractivity contribution in [1.82, 2.24) is 18.7 Å². The lowest BCUT2D eigenvalue weighted by molar-refractivity contribution is 0.335. The first-order valence-electron chi connectivity index (χ1n) is 10.8. The Bertz CT molecular complexity index is 1410. The molecule has 0 radical (unpaired) electrons. The molecule has 0 atom stereocenters. The Morgan fingerprint density at radius 1 is 0.906 bits per heavy atom. The summed E-state index contributed by atoms with van der Waals surface area (Å²) < 4.78 is 4.65. The lowest BCUT2D eigenvalue weighted by Gasteiger charge is -2.24. The lowest BCUT2D eigenvalue weighted by atomic mass is 9.95. The molecular weight excluding hydrogens is 447 g/mol. The number of imidazole rings is 1. The highest BCUT2D eigenvalue weighted by atomic mass is 35.5. The molecule has 164 valence electrons. The maximum atomic E-state index is 13.7. The minimum Gasteiger partial charge on any atom is -0.320 e. The first kappa shape index (κ1) is 21.0. The lowest BCUT2D eigenvalue weighted by Crippen LogP contribution is -2.43. The van der Waals surface area contributed by atoms with E-state index in [4.69, 9.17) is 23.2 Å². The molecule has 2 aromatic heterocycles. The van der Waals surface area contributed by atoms with Gasteiger partial charge in [0.25, 0.3) is 5.56 Å². The average molecular weight is 469 g/mol. The van der Waals surface area contributed by atoms with E-state index < -0.39 is 5.69 Å². The van der Waals surface area contributed by atoms with Gasteiger partial charge in [0.05, 0.1) is 23.6 Å². The molecule has 5 rings (SSSR count). The molecule has 0 N–H and O–H groups in total. The Morgan fingerprint density at radius 3 is 2.31 bits per heavy atom. The Kier molecular flexibility index (Phi) is 5.66. The van der Waals surface area contributed by atoms with Crippen LogP contribution in [0.2, 0.25) is 10.0 Å². The molecule has 0 saturated heterocycles. The fourth-order valence-electron chi connectivity index (χ4n) is 4.59. The summed E-state index contributed by atoms with van der Waals surface area (Å²) in [5.41, 5.74) is 1.33. The highest BCUT2D eigenvalue weighted by molar-refractivity contribution is 6.32. The summed E-state index contributed by atoms with van der Waals surface area (Å²) in [5, 5.41) is 1.03. The van der Waals surface area contributed by atoms with Crippen LogP contribution in [0, 0.1) is 0 Å². The van der Waals surface area contributed by atoms with Crippen LogP contribution in [-0.4, -0.2) is 18.7 Å². The van der Waals surface area contributed by atoms with Crippen LogP contribution in [0.5, 0.6) is 0 Å². The molecule has 1 fully saturated rings. The fourth-order valence-corrected chi connectivity index (χ4v) is 5.01. The van der Waals surface area contributed by atoms with Crippen molar-refractivity contribution in [1.29, 1.82) is 0 Å². The Labute approximate surface area is 194 Å². The fraction of sp³-hybridized carbons (Fsp3) is 0.292. The molecule has 2 aromatic carbocycles. The van der Waals surface area contributed by atoms with E-state index >= 15 is 0 Å². The van der Waals surface area contributed by atoms with Crippen molar-refractivity contribution in [3.63, 3.8) is 0 Å². The van der Waals surface area contributed by atoms with Gasteiger partial charge in [-0.05, 0) is 36.6 Å². The topological polar surface area (TPSA) is 61.8 Å². The third-order valence-electron chi connectivity index (χ3n) is 6.18. The smallest absolute Gasteiger partial charge is 0.320 e. The molecule has 1 aliphatic carbocycles. The number of hydrogen-bond acceptors (Lipinski definition) is 3. The number of benzene rings is 2. The van der Waals surface area contributed by atoms with Gasteiger partial charge in [-0.15, -0.1) is 0 Å². The van der Waals surface area contributed by atoms with Crippen LogP contribution in [-0.2, 0) is 6.54 Å². The maximum absolute atomic E-state index is 13.7. The molecular formula is C24H22Cl2N4O2. The first-order chi connectivity index (χ1) is 15.6. The summed E-state index contributed by atoms with van der Waals surface area (Å²) in [6.07, 6.45) is 6.33. The number of halogens is 2. The zero-order chi connectivity index (χ0) is 22.2. The van der Waals surface area contributed by atoms with E-state index in [0.29, 0.717) is 33.4 Å². The summed E-state index contributed by atoms with van der Waals surface area (Å²) in [5.74, 6) is 0. The summed E-state index contributed by atoms with van der Waals surface area (Å²) >= 11 is 12.8. The van der Waals surface area contributed by atoms with E-state index in [0.717, 1.165) is 37.7 Å². The average Bonchev–Trinajstić information content (AvgIpc) is 3.21. The van der Waals surface area contributed by atoms with Gasteiger partial charge in [0.1, 0.15) is 0 Å². The van der Waals surface area contributed by atoms with Crippen LogP contribution in [0.3, 0.4) is 0 Å². The van der Waals surface area contributed by atoms with Gasteiger partial charge >= 0.3 is 5.69 Å². The maximum Gasteiger partial charge on any atom is 0.337 e. The third-order valence-corrected chi connectivity index (χ3v) is 6.87. The monoisotopic (exact) mass is 468 g/mol. The van der Waals surface area contributed by atoms with Crippen molar-refractivity contribution in [3.8, 4) is 5.69 Å². The van der Waals surface area contributed by atoms with E-state index in [1.807, 2.05) is 30.3 Å². The quantitative estimate of drug-likeness (QED) is 0.412. The van der Waals surface area contributed by atoms with Crippen molar-refractivity contribution in [2.24, 2.45) is 0 Å². The summed E-state index contributed by atoms with van der Waals surface area (Å²) in [6, 6.07) is 14.5. The molecule has 2 heterocycles. The van der Waals surface area contributed by atoms with Crippen molar-refractivity contribution < 1.29 is 0 Å².